The van der Waals surface area contributed by atoms with Crippen LogP contribution < -0.4 is 0 Å². The Morgan fingerprint density at radius 1 is 0.444 bits per heavy atom. The smallest absolute Gasteiger partial charge is 0.224 e. The summed E-state index contributed by atoms with van der Waals surface area (Å²) in [4.78, 5) is 0. The Bertz CT molecular complexity index is 929. The van der Waals surface area contributed by atoms with Crippen LogP contribution in [0.3, 0.4) is 0 Å². The van der Waals surface area contributed by atoms with E-state index >= 15 is 0 Å². The predicted octanol–water partition coefficient (Wildman–Crippen LogP) is -9.75. The van der Waals surface area contributed by atoms with Gasteiger partial charge in [0.25, 0.3) is 0 Å². The molecule has 14 N–H and O–H groups in total. The van der Waals surface area contributed by atoms with E-state index in [1.165, 1.54) is 0 Å². The molecule has 4 rings (SSSR count). The summed E-state index contributed by atoms with van der Waals surface area (Å²) in [6, 6.07) is 0. The molecular weight excluding hydrogens is 624 g/mol. The lowest BCUT2D eigenvalue weighted by molar-refractivity contribution is -0.410. The van der Waals surface area contributed by atoms with E-state index < -0.39 is 149 Å². The summed E-state index contributed by atoms with van der Waals surface area (Å²) < 4.78 is 38.4. The zero-order chi connectivity index (χ0) is 33.4. The van der Waals surface area contributed by atoms with Crippen LogP contribution in [-0.4, -0.2) is 221 Å². The van der Waals surface area contributed by atoms with E-state index in [9.17, 15) is 71.5 Å². The fourth-order valence-electron chi connectivity index (χ4n) is 5.60. The molecule has 0 aromatic carbocycles. The summed E-state index contributed by atoms with van der Waals surface area (Å²) in [5.41, 5.74) is 0. The van der Waals surface area contributed by atoms with Gasteiger partial charge in [-0.05, 0) is 0 Å². The van der Waals surface area contributed by atoms with E-state index in [4.69, 9.17) is 33.2 Å². The molecule has 19 atom stereocenters. The van der Waals surface area contributed by atoms with Crippen LogP contribution in [0, 0.1) is 0 Å². The monoisotopic (exact) mass is 666 g/mol. The maximum atomic E-state index is 11.2. The minimum atomic E-state index is -2.59. The molecule has 4 aliphatic rings. The SMILES string of the molecule is OC[C@H]1O[C@@](CO)(O[C@H]2O[C@H](CO)[C@@H](O)[C@H](O[C@@H]3O[C@H](CO)[C@@H](O)[C@H](O)[C@H]3O)[C@H]2O)[C@@H](O[C@H]2O[C@H](CO)[C@@H](O)[C@H](O)[C@H]2O)[C@@H]1O. The van der Waals surface area contributed by atoms with Gasteiger partial charge in [0.05, 0.1) is 26.4 Å². The Labute approximate surface area is 254 Å². The number of aliphatic hydroxyl groups excluding tert-OH is 14. The van der Waals surface area contributed by atoms with Crippen LogP contribution in [0.15, 0.2) is 0 Å². The first-order valence-corrected chi connectivity index (χ1v) is 14.1. The van der Waals surface area contributed by atoms with Crippen LogP contribution >= 0.6 is 0 Å². The number of aliphatic hydroxyl groups is 14. The molecular formula is C24H42O21. The Hall–Kier alpha value is -0.840. The number of rotatable bonds is 11. The molecule has 4 fully saturated rings. The highest BCUT2D eigenvalue weighted by molar-refractivity contribution is 5.01. The highest BCUT2D eigenvalue weighted by atomic mass is 16.8. The van der Waals surface area contributed by atoms with Crippen LogP contribution in [0.5, 0.6) is 0 Å². The van der Waals surface area contributed by atoms with Crippen molar-refractivity contribution in [3.8, 4) is 0 Å². The predicted molar refractivity (Wildman–Crippen MR) is 134 cm³/mol. The first kappa shape index (κ1) is 37.0. The maximum absolute atomic E-state index is 11.2. The van der Waals surface area contributed by atoms with Gasteiger partial charge < -0.3 is 105 Å². The maximum Gasteiger partial charge on any atom is 0.224 e. The van der Waals surface area contributed by atoms with Crippen molar-refractivity contribution in [3.05, 3.63) is 0 Å². The lowest BCUT2D eigenvalue weighted by atomic mass is 9.96. The molecule has 0 amide bonds. The summed E-state index contributed by atoms with van der Waals surface area (Å²) in [5.74, 6) is -2.59. The summed E-state index contributed by atoms with van der Waals surface area (Å²) in [5, 5.41) is 143. The van der Waals surface area contributed by atoms with E-state index in [0.29, 0.717) is 0 Å². The van der Waals surface area contributed by atoms with Crippen LogP contribution in [0.4, 0.5) is 0 Å². The van der Waals surface area contributed by atoms with Crippen molar-refractivity contribution in [2.75, 3.05) is 33.0 Å². The average Bonchev–Trinajstić information content (AvgIpc) is 3.30. The lowest BCUT2D eigenvalue weighted by Crippen LogP contribution is -2.66. The zero-order valence-corrected chi connectivity index (χ0v) is 23.5. The van der Waals surface area contributed by atoms with Crippen molar-refractivity contribution in [2.24, 2.45) is 0 Å². The third-order valence-electron chi connectivity index (χ3n) is 8.28. The summed E-state index contributed by atoms with van der Waals surface area (Å²) in [7, 11) is 0. The van der Waals surface area contributed by atoms with Gasteiger partial charge in [-0.1, -0.05) is 0 Å². The fourth-order valence-corrected chi connectivity index (χ4v) is 5.60. The topological polar surface area (TPSA) is 348 Å². The molecule has 0 saturated carbocycles. The van der Waals surface area contributed by atoms with Gasteiger partial charge in [0, 0.05) is 0 Å². The first-order chi connectivity index (χ1) is 21.3. The zero-order valence-electron chi connectivity index (χ0n) is 23.5. The second-order valence-electron chi connectivity index (χ2n) is 11.2. The van der Waals surface area contributed by atoms with Gasteiger partial charge in [-0.2, -0.15) is 0 Å². The molecule has 0 spiro atoms. The molecule has 4 saturated heterocycles. The fraction of sp³-hybridized carbons (Fsp3) is 1.00. The Kier molecular flexibility index (Phi) is 12.5. The van der Waals surface area contributed by atoms with Crippen molar-refractivity contribution in [3.63, 3.8) is 0 Å². The van der Waals surface area contributed by atoms with Crippen molar-refractivity contribution >= 4 is 0 Å². The van der Waals surface area contributed by atoms with Crippen molar-refractivity contribution in [1.82, 2.24) is 0 Å². The highest BCUT2D eigenvalue weighted by Gasteiger charge is 2.62. The second-order valence-corrected chi connectivity index (χ2v) is 11.2. The molecule has 264 valence electrons. The van der Waals surface area contributed by atoms with Crippen LogP contribution in [0.1, 0.15) is 0 Å². The molecule has 4 aliphatic heterocycles. The van der Waals surface area contributed by atoms with E-state index in [1.807, 2.05) is 0 Å². The quantitative estimate of drug-likeness (QED) is 0.0973. The van der Waals surface area contributed by atoms with Crippen LogP contribution in [0.25, 0.3) is 0 Å². The van der Waals surface area contributed by atoms with E-state index in [-0.39, 0.29) is 0 Å². The van der Waals surface area contributed by atoms with Gasteiger partial charge in [-0.15, -0.1) is 0 Å². The highest BCUT2D eigenvalue weighted by Crippen LogP contribution is 2.40. The molecule has 21 heteroatoms. The molecule has 4 heterocycles. The minimum absolute atomic E-state index is 0.824. The summed E-state index contributed by atoms with van der Waals surface area (Å²) >= 11 is 0. The Morgan fingerprint density at radius 3 is 1.36 bits per heavy atom. The number of hydrogen-bond donors (Lipinski definition) is 14. The first-order valence-electron chi connectivity index (χ1n) is 14.1. The second kappa shape index (κ2) is 15.1. The molecule has 21 nitrogen and oxygen atoms in total. The number of hydrogen-bond acceptors (Lipinski definition) is 21. The molecule has 0 aliphatic carbocycles. The van der Waals surface area contributed by atoms with Crippen molar-refractivity contribution in [1.29, 1.82) is 0 Å². The summed E-state index contributed by atoms with van der Waals surface area (Å²) in [6.07, 6.45) is -32.8. The van der Waals surface area contributed by atoms with E-state index in [1.54, 1.807) is 0 Å². The van der Waals surface area contributed by atoms with Crippen molar-refractivity contribution in [2.45, 2.75) is 116 Å². The average molecular weight is 667 g/mol. The van der Waals surface area contributed by atoms with Gasteiger partial charge in [0.15, 0.2) is 18.9 Å². The lowest BCUT2D eigenvalue weighted by Gasteiger charge is -2.48. The Balaban J connectivity index is 1.59. The van der Waals surface area contributed by atoms with E-state index in [0.717, 1.165) is 0 Å². The van der Waals surface area contributed by atoms with Gasteiger partial charge in [-0.3, -0.25) is 0 Å². The molecule has 0 aromatic rings. The van der Waals surface area contributed by atoms with Crippen molar-refractivity contribution < 1.29 is 105 Å². The normalized spacial score (nSPS) is 52.7. The Morgan fingerprint density at radius 2 is 0.889 bits per heavy atom. The third kappa shape index (κ3) is 7.01. The molecule has 0 aromatic heterocycles. The molecule has 45 heavy (non-hydrogen) atoms. The summed E-state index contributed by atoms with van der Waals surface area (Å²) in [6.45, 7) is -4.70. The third-order valence-corrected chi connectivity index (χ3v) is 8.28. The molecule has 0 radical (unpaired) electrons. The number of ether oxygens (including phenoxy) is 7. The van der Waals surface area contributed by atoms with Crippen LogP contribution in [-0.2, 0) is 33.2 Å². The van der Waals surface area contributed by atoms with Gasteiger partial charge in [0.2, 0.25) is 5.79 Å². The van der Waals surface area contributed by atoms with Gasteiger partial charge >= 0.3 is 0 Å². The van der Waals surface area contributed by atoms with Gasteiger partial charge in [-0.25, -0.2) is 0 Å². The van der Waals surface area contributed by atoms with Gasteiger partial charge in [0.1, 0.15) is 98.2 Å². The minimum Gasteiger partial charge on any atom is -0.394 e. The molecule has 0 unspecified atom stereocenters. The van der Waals surface area contributed by atoms with E-state index in [2.05, 4.69) is 0 Å². The van der Waals surface area contributed by atoms with Crippen LogP contribution in [0.2, 0.25) is 0 Å². The largest absolute Gasteiger partial charge is 0.394 e. The molecule has 0 bridgehead atoms. The standard InChI is InChI=1S/C24H42O21/c25-1-6-10(30)14(34)16(36)21(39-6)42-19-12(32)8(3-27)41-23(18(19)38)45-24(5-29)20(13(33)9(4-28)44-24)43-22-17(37)15(35)11(31)7(2-26)40-22/h6-23,25-38H,1-5H2/t6-,7-,8-,9-,10-,11-,12-,13-,14+,15+,16-,17-,18-,19+,20+,21+,22-,23-,24+/m1/s1.